The zero-order valence-corrected chi connectivity index (χ0v) is 14.3. The first-order chi connectivity index (χ1) is 11.6. The third-order valence-electron chi connectivity index (χ3n) is 3.68. The number of para-hydroxylation sites is 1. The first-order valence-corrected chi connectivity index (χ1v) is 8.51. The predicted molar refractivity (Wildman–Crippen MR) is 92.9 cm³/mol. The number of rotatable bonds is 6. The van der Waals surface area contributed by atoms with Gasteiger partial charge in [-0.3, -0.25) is 9.36 Å². The van der Waals surface area contributed by atoms with Gasteiger partial charge >= 0.3 is 0 Å². The summed E-state index contributed by atoms with van der Waals surface area (Å²) >= 11 is 1.33. The second kappa shape index (κ2) is 6.92. The molecule has 2 heterocycles. The SMILES string of the molecule is CC[C@H](Sc1nnc(-c2ccoc2C)n1-c1ccccc1)C(N)=O. The van der Waals surface area contributed by atoms with Crippen LogP contribution in [0.25, 0.3) is 17.1 Å². The summed E-state index contributed by atoms with van der Waals surface area (Å²) in [7, 11) is 0. The Morgan fingerprint density at radius 2 is 2.04 bits per heavy atom. The lowest BCUT2D eigenvalue weighted by molar-refractivity contribution is -0.117. The van der Waals surface area contributed by atoms with Crippen LogP contribution in [0.1, 0.15) is 19.1 Å². The number of carbonyl (C=O) groups is 1. The Labute approximate surface area is 144 Å². The third-order valence-corrected chi connectivity index (χ3v) is 5.01. The van der Waals surface area contributed by atoms with Gasteiger partial charge in [0.25, 0.3) is 0 Å². The maximum absolute atomic E-state index is 11.6. The number of thioether (sulfide) groups is 1. The molecule has 0 aliphatic heterocycles. The van der Waals surface area contributed by atoms with Crippen molar-refractivity contribution in [3.63, 3.8) is 0 Å². The number of nitrogens with two attached hydrogens (primary N) is 1. The van der Waals surface area contributed by atoms with Crippen molar-refractivity contribution in [2.24, 2.45) is 5.73 Å². The van der Waals surface area contributed by atoms with E-state index < -0.39 is 0 Å². The normalized spacial score (nSPS) is 12.2. The Kier molecular flexibility index (Phi) is 4.71. The van der Waals surface area contributed by atoms with Crippen molar-refractivity contribution in [1.29, 1.82) is 0 Å². The largest absolute Gasteiger partial charge is 0.469 e. The van der Waals surface area contributed by atoms with Gasteiger partial charge in [-0.2, -0.15) is 0 Å². The van der Waals surface area contributed by atoms with Crippen LogP contribution >= 0.6 is 11.8 Å². The fourth-order valence-electron chi connectivity index (χ4n) is 2.42. The number of nitrogens with zero attached hydrogens (tertiary/aromatic N) is 3. The van der Waals surface area contributed by atoms with E-state index in [1.807, 2.05) is 54.8 Å². The smallest absolute Gasteiger partial charge is 0.231 e. The van der Waals surface area contributed by atoms with E-state index in [2.05, 4.69) is 10.2 Å². The van der Waals surface area contributed by atoms with Gasteiger partial charge in [0.05, 0.1) is 17.1 Å². The van der Waals surface area contributed by atoms with Gasteiger partial charge in [0.2, 0.25) is 5.91 Å². The van der Waals surface area contributed by atoms with E-state index in [1.54, 1.807) is 6.26 Å². The van der Waals surface area contributed by atoms with E-state index >= 15 is 0 Å². The maximum atomic E-state index is 11.6. The first-order valence-electron chi connectivity index (χ1n) is 7.63. The van der Waals surface area contributed by atoms with Gasteiger partial charge in [0, 0.05) is 5.69 Å². The van der Waals surface area contributed by atoms with E-state index in [0.29, 0.717) is 17.4 Å². The van der Waals surface area contributed by atoms with Crippen LogP contribution in [0.2, 0.25) is 0 Å². The minimum absolute atomic E-state index is 0.352. The molecule has 1 atom stereocenters. The van der Waals surface area contributed by atoms with Gasteiger partial charge in [-0.05, 0) is 31.5 Å². The highest BCUT2D eigenvalue weighted by molar-refractivity contribution is 8.00. The molecule has 7 heteroatoms. The number of furan rings is 1. The zero-order chi connectivity index (χ0) is 17.1. The van der Waals surface area contributed by atoms with Crippen LogP contribution in [-0.4, -0.2) is 25.9 Å². The lowest BCUT2D eigenvalue weighted by atomic mass is 10.2. The van der Waals surface area contributed by atoms with Gasteiger partial charge < -0.3 is 10.2 Å². The molecule has 6 nitrogen and oxygen atoms in total. The van der Waals surface area contributed by atoms with Crippen LogP contribution in [0.15, 0.2) is 52.2 Å². The Morgan fingerprint density at radius 1 is 1.29 bits per heavy atom. The van der Waals surface area contributed by atoms with Gasteiger partial charge in [0.15, 0.2) is 11.0 Å². The molecule has 0 spiro atoms. The van der Waals surface area contributed by atoms with Crippen LogP contribution in [0, 0.1) is 6.92 Å². The molecule has 24 heavy (non-hydrogen) atoms. The van der Waals surface area contributed by atoms with Crippen LogP contribution in [-0.2, 0) is 4.79 Å². The van der Waals surface area contributed by atoms with Gasteiger partial charge in [-0.1, -0.05) is 36.9 Å². The van der Waals surface area contributed by atoms with Crippen LogP contribution in [0.5, 0.6) is 0 Å². The summed E-state index contributed by atoms with van der Waals surface area (Å²) in [6, 6.07) is 11.6. The quantitative estimate of drug-likeness (QED) is 0.695. The second-order valence-electron chi connectivity index (χ2n) is 5.28. The highest BCUT2D eigenvalue weighted by atomic mass is 32.2. The minimum Gasteiger partial charge on any atom is -0.469 e. The van der Waals surface area contributed by atoms with Crippen molar-refractivity contribution < 1.29 is 9.21 Å². The number of carbonyl (C=O) groups excluding carboxylic acids is 1. The molecule has 124 valence electrons. The highest BCUT2D eigenvalue weighted by Gasteiger charge is 2.23. The van der Waals surface area contributed by atoms with Crippen LogP contribution in [0.3, 0.4) is 0 Å². The molecule has 0 fully saturated rings. The molecule has 0 bridgehead atoms. The Hall–Kier alpha value is -2.54. The molecule has 0 aliphatic rings. The van der Waals surface area contributed by atoms with Crippen molar-refractivity contribution in [1.82, 2.24) is 14.8 Å². The van der Waals surface area contributed by atoms with Gasteiger partial charge in [0.1, 0.15) is 5.76 Å². The number of hydrogen-bond acceptors (Lipinski definition) is 5. The summed E-state index contributed by atoms with van der Waals surface area (Å²) in [6.07, 6.45) is 2.25. The molecule has 0 aliphatic carbocycles. The fourth-order valence-corrected chi connectivity index (χ4v) is 3.34. The van der Waals surface area contributed by atoms with Crippen molar-refractivity contribution in [2.75, 3.05) is 0 Å². The lowest BCUT2D eigenvalue weighted by Gasteiger charge is -2.13. The Bertz CT molecular complexity index is 841. The number of benzene rings is 1. The first kappa shape index (κ1) is 16.3. The van der Waals surface area contributed by atoms with Crippen molar-refractivity contribution in [3.05, 3.63) is 48.4 Å². The summed E-state index contributed by atoms with van der Waals surface area (Å²) in [4.78, 5) is 11.6. The Morgan fingerprint density at radius 3 is 2.62 bits per heavy atom. The summed E-state index contributed by atoms with van der Waals surface area (Å²) in [5.41, 5.74) is 7.26. The zero-order valence-electron chi connectivity index (χ0n) is 13.5. The summed E-state index contributed by atoms with van der Waals surface area (Å²) in [5.74, 6) is 1.08. The molecule has 1 amide bonds. The molecule has 1 aromatic carbocycles. The molecule has 0 unspecified atom stereocenters. The molecule has 2 aromatic heterocycles. The number of aromatic nitrogens is 3. The fraction of sp³-hybridized carbons (Fsp3) is 0.235. The molecule has 0 radical (unpaired) electrons. The van der Waals surface area contributed by atoms with Gasteiger partial charge in [-0.15, -0.1) is 10.2 Å². The van der Waals surface area contributed by atoms with E-state index in [-0.39, 0.29) is 11.2 Å². The molecular weight excluding hydrogens is 324 g/mol. The molecule has 3 rings (SSSR count). The minimum atomic E-state index is -0.355. The van der Waals surface area contributed by atoms with Crippen molar-refractivity contribution >= 4 is 17.7 Å². The average Bonchev–Trinajstić information content (AvgIpc) is 3.18. The summed E-state index contributed by atoms with van der Waals surface area (Å²) < 4.78 is 7.32. The summed E-state index contributed by atoms with van der Waals surface area (Å²) in [5, 5.41) is 8.88. The standard InChI is InChI=1S/C17H18N4O2S/c1-3-14(15(18)22)24-17-20-19-16(13-9-10-23-11(13)2)21(17)12-7-5-4-6-8-12/h4-10,14H,3H2,1-2H3,(H2,18,22)/t14-/m0/s1. The average molecular weight is 342 g/mol. The molecule has 2 N–H and O–H groups in total. The summed E-state index contributed by atoms with van der Waals surface area (Å²) in [6.45, 7) is 3.80. The lowest BCUT2D eigenvalue weighted by Crippen LogP contribution is -2.25. The van der Waals surface area contributed by atoms with Crippen LogP contribution < -0.4 is 5.73 Å². The van der Waals surface area contributed by atoms with Crippen molar-refractivity contribution in [3.8, 4) is 17.1 Å². The number of primary amides is 1. The van der Waals surface area contributed by atoms with E-state index in [9.17, 15) is 4.79 Å². The van der Waals surface area contributed by atoms with E-state index in [4.69, 9.17) is 10.2 Å². The predicted octanol–water partition coefficient (Wildman–Crippen LogP) is 3.19. The maximum Gasteiger partial charge on any atom is 0.231 e. The Balaban J connectivity index is 2.12. The number of aryl methyl sites for hydroxylation is 1. The second-order valence-corrected chi connectivity index (χ2v) is 6.45. The molecule has 3 aromatic rings. The monoisotopic (exact) mass is 342 g/mol. The molecular formula is C17H18N4O2S. The van der Waals surface area contributed by atoms with Crippen LogP contribution in [0.4, 0.5) is 0 Å². The van der Waals surface area contributed by atoms with Crippen molar-refractivity contribution in [2.45, 2.75) is 30.7 Å². The van der Waals surface area contributed by atoms with E-state index in [0.717, 1.165) is 17.0 Å². The molecule has 0 saturated carbocycles. The van der Waals surface area contributed by atoms with Gasteiger partial charge in [-0.25, -0.2) is 0 Å². The number of hydrogen-bond donors (Lipinski definition) is 1. The number of amides is 1. The molecule has 0 saturated heterocycles. The topological polar surface area (TPSA) is 86.9 Å². The third kappa shape index (κ3) is 3.07. The van der Waals surface area contributed by atoms with E-state index in [1.165, 1.54) is 11.8 Å². The highest BCUT2D eigenvalue weighted by Crippen LogP contribution is 2.32.